The fourth-order valence-corrected chi connectivity index (χ4v) is 6.49. The highest BCUT2D eigenvalue weighted by Crippen LogP contribution is 2.31. The Morgan fingerprint density at radius 3 is 2.46 bits per heavy atom. The number of H-pyrrole nitrogens is 1. The summed E-state index contributed by atoms with van der Waals surface area (Å²) in [6.45, 7) is 0.594. The summed E-state index contributed by atoms with van der Waals surface area (Å²) in [7, 11) is 0. The number of ether oxygens (including phenoxy) is 1. The predicted molar refractivity (Wildman–Crippen MR) is 215 cm³/mol. The van der Waals surface area contributed by atoms with Crippen LogP contribution in [0.3, 0.4) is 0 Å². The summed E-state index contributed by atoms with van der Waals surface area (Å²) in [5.74, 6) is -0.196. The van der Waals surface area contributed by atoms with Gasteiger partial charge < -0.3 is 36.3 Å². The number of pyridine rings is 2. The number of phenols is 1. The van der Waals surface area contributed by atoms with Crippen LogP contribution in [0.25, 0.3) is 22.0 Å². The topological polar surface area (TPSA) is 192 Å². The van der Waals surface area contributed by atoms with E-state index in [1.807, 2.05) is 48.5 Å². The number of amides is 2. The number of aliphatic hydroxyl groups is 1. The zero-order chi connectivity index (χ0) is 36.5. The van der Waals surface area contributed by atoms with Crippen LogP contribution in [-0.4, -0.2) is 50.9 Å². The number of nitrogens with zero attached hydrogens (tertiary/aromatic N) is 1. The monoisotopic (exact) mass is 776 g/mol. The van der Waals surface area contributed by atoms with E-state index in [1.165, 1.54) is 12.1 Å². The summed E-state index contributed by atoms with van der Waals surface area (Å²) >= 11 is 0. The van der Waals surface area contributed by atoms with Gasteiger partial charge in [0.2, 0.25) is 11.5 Å². The quantitative estimate of drug-likeness (QED) is 0.0679. The summed E-state index contributed by atoms with van der Waals surface area (Å²) in [6, 6.07) is 25.5. The second-order valence-corrected chi connectivity index (χ2v) is 13.2. The third-order valence-corrected chi connectivity index (χ3v) is 9.29. The van der Waals surface area contributed by atoms with Crippen molar-refractivity contribution in [1.82, 2.24) is 15.3 Å². The van der Waals surface area contributed by atoms with Gasteiger partial charge in [-0.25, -0.2) is 4.79 Å². The van der Waals surface area contributed by atoms with Crippen molar-refractivity contribution in [2.45, 2.75) is 69.7 Å². The van der Waals surface area contributed by atoms with Gasteiger partial charge in [0.25, 0.3) is 0 Å². The molecule has 0 aliphatic heterocycles. The van der Waals surface area contributed by atoms with Crippen molar-refractivity contribution in [3.05, 3.63) is 118 Å². The van der Waals surface area contributed by atoms with Crippen molar-refractivity contribution >= 4 is 59.1 Å². The van der Waals surface area contributed by atoms with Crippen LogP contribution in [0.4, 0.5) is 16.2 Å². The van der Waals surface area contributed by atoms with E-state index < -0.39 is 12.2 Å². The highest BCUT2D eigenvalue weighted by Gasteiger charge is 2.22. The molecule has 8 N–H and O–H groups in total. The van der Waals surface area contributed by atoms with E-state index >= 15 is 0 Å². The summed E-state index contributed by atoms with van der Waals surface area (Å²) in [4.78, 5) is 44.4. The van der Waals surface area contributed by atoms with Crippen LogP contribution in [0.2, 0.25) is 0 Å². The molecule has 2 amide bonds. The fourth-order valence-electron chi connectivity index (χ4n) is 6.49. The maximum absolute atomic E-state index is 12.9. The first-order valence-corrected chi connectivity index (χ1v) is 17.6. The lowest BCUT2D eigenvalue weighted by Crippen LogP contribution is -2.32. The van der Waals surface area contributed by atoms with E-state index in [-0.39, 0.29) is 66.2 Å². The van der Waals surface area contributed by atoms with Crippen LogP contribution in [0.1, 0.15) is 61.4 Å². The molecule has 0 spiro atoms. The largest absolute Gasteiger partial charge is 0.506 e. The molecule has 5 aromatic rings. The minimum Gasteiger partial charge on any atom is -0.506 e. The molecule has 286 valence electrons. The molecule has 0 saturated heterocycles. The standard InChI is InChI=1S/C40H44N6O6.2ClH/c41-27-10-14-30(15-11-27)52-40(51)45-34-21-25(9-16-31(34)26-6-2-1-3-7-26)5-4-8-37(49)44-29-13-12-28(43-23-29)22-42-24-36(48)32-17-19-35(47)39-33(32)18-20-38(50)46-39;;/h1-3,6-7,9,12-13,16-21,23,27,30,36,42,47-48H,4-5,8,10-11,14-15,22,24,41H2,(H,44,49)(H,45,51)(H,46,50);2*1H/t27?,30?,36-;;/m0../s1. The third-order valence-electron chi connectivity index (χ3n) is 9.29. The number of aryl methyl sites for hydroxylation is 1. The molecule has 1 fully saturated rings. The first-order chi connectivity index (χ1) is 25.2. The Bertz CT molecular complexity index is 2060. The molecule has 2 heterocycles. The summed E-state index contributed by atoms with van der Waals surface area (Å²) in [5.41, 5.74) is 11.3. The summed E-state index contributed by atoms with van der Waals surface area (Å²) < 4.78 is 5.72. The molecule has 1 aliphatic carbocycles. The second kappa shape index (κ2) is 19.9. The molecule has 1 atom stereocenters. The van der Waals surface area contributed by atoms with E-state index in [4.69, 9.17) is 10.5 Å². The number of carbonyl (C=O) groups is 2. The van der Waals surface area contributed by atoms with E-state index in [2.05, 4.69) is 25.9 Å². The fraction of sp³-hybridized carbons (Fsp3) is 0.300. The van der Waals surface area contributed by atoms with Crippen molar-refractivity contribution in [3.63, 3.8) is 0 Å². The number of nitrogens with one attached hydrogen (secondary N) is 4. The minimum absolute atomic E-state index is 0. The van der Waals surface area contributed by atoms with Gasteiger partial charge in [-0.15, -0.1) is 24.8 Å². The van der Waals surface area contributed by atoms with E-state index in [1.54, 1.807) is 30.5 Å². The van der Waals surface area contributed by atoms with E-state index in [9.17, 15) is 24.6 Å². The molecule has 14 heteroatoms. The lowest BCUT2D eigenvalue weighted by Gasteiger charge is -2.26. The molecule has 3 aromatic carbocycles. The molecule has 6 rings (SSSR count). The maximum Gasteiger partial charge on any atom is 0.411 e. The number of carbonyl (C=O) groups excluding carboxylic acids is 2. The van der Waals surface area contributed by atoms with Crippen LogP contribution in [-0.2, 0) is 22.5 Å². The van der Waals surface area contributed by atoms with Gasteiger partial charge in [0.05, 0.1) is 34.9 Å². The van der Waals surface area contributed by atoms with Gasteiger partial charge in [-0.2, -0.15) is 0 Å². The van der Waals surface area contributed by atoms with Gasteiger partial charge in [0.15, 0.2) is 0 Å². The SMILES string of the molecule is Cl.Cl.NC1CCC(OC(=O)Nc2cc(CCCC(=O)Nc3ccc(CNC[C@H](O)c4ccc(O)c5[nH]c(=O)ccc45)nc3)ccc2-c2ccccc2)CC1. The molecule has 2 aromatic heterocycles. The Hall–Kier alpha value is -4.98. The molecule has 1 aliphatic rings. The number of nitrogens with two attached hydrogens (primary N) is 1. The maximum atomic E-state index is 12.9. The number of hydrogen-bond donors (Lipinski definition) is 7. The Kier molecular flexibility index (Phi) is 15.4. The summed E-state index contributed by atoms with van der Waals surface area (Å²) in [6.07, 6.45) is 4.84. The smallest absolute Gasteiger partial charge is 0.411 e. The number of aromatic amines is 1. The highest BCUT2D eigenvalue weighted by atomic mass is 35.5. The van der Waals surface area contributed by atoms with Crippen LogP contribution in [0.15, 0.2) is 95.9 Å². The normalized spacial score (nSPS) is 15.7. The van der Waals surface area contributed by atoms with Crippen molar-refractivity contribution in [2.24, 2.45) is 5.73 Å². The van der Waals surface area contributed by atoms with Gasteiger partial charge in [-0.3, -0.25) is 19.9 Å². The number of benzene rings is 3. The molecule has 54 heavy (non-hydrogen) atoms. The van der Waals surface area contributed by atoms with Crippen molar-refractivity contribution in [1.29, 1.82) is 0 Å². The Balaban J connectivity index is 0.00000325. The highest BCUT2D eigenvalue weighted by molar-refractivity contribution is 5.92. The third kappa shape index (κ3) is 11.3. The number of aliphatic hydroxyl groups excluding tert-OH is 1. The first-order valence-electron chi connectivity index (χ1n) is 17.6. The first kappa shape index (κ1) is 41.8. The molecule has 12 nitrogen and oxygen atoms in total. The number of fused-ring (bicyclic) bond motifs is 1. The average molecular weight is 778 g/mol. The molecule has 0 radical (unpaired) electrons. The van der Waals surface area contributed by atoms with Gasteiger partial charge in [-0.05, 0) is 85.5 Å². The number of rotatable bonds is 13. The average Bonchev–Trinajstić information content (AvgIpc) is 3.14. The molecular weight excluding hydrogens is 731 g/mol. The number of halogens is 2. The Labute approximate surface area is 325 Å². The second-order valence-electron chi connectivity index (χ2n) is 13.2. The van der Waals surface area contributed by atoms with Gasteiger partial charge in [0.1, 0.15) is 11.9 Å². The van der Waals surface area contributed by atoms with Gasteiger partial charge in [0, 0.05) is 42.6 Å². The van der Waals surface area contributed by atoms with Gasteiger partial charge >= 0.3 is 6.09 Å². The Morgan fingerprint density at radius 1 is 0.944 bits per heavy atom. The molecular formula is C40H46Cl2N6O6. The molecule has 0 bridgehead atoms. The van der Waals surface area contributed by atoms with E-state index in [0.29, 0.717) is 48.1 Å². The molecule has 0 unspecified atom stereocenters. The Morgan fingerprint density at radius 2 is 1.72 bits per heavy atom. The van der Waals surface area contributed by atoms with Crippen LogP contribution < -0.4 is 27.2 Å². The number of phenolic OH excluding ortho intramolecular Hbond substituents is 1. The van der Waals surface area contributed by atoms with Crippen molar-refractivity contribution < 1.29 is 24.5 Å². The summed E-state index contributed by atoms with van der Waals surface area (Å²) in [5, 5.41) is 30.5. The molecule has 1 saturated carbocycles. The van der Waals surface area contributed by atoms with Gasteiger partial charge in [-0.1, -0.05) is 48.5 Å². The van der Waals surface area contributed by atoms with E-state index in [0.717, 1.165) is 48.1 Å². The number of aromatic nitrogens is 2. The predicted octanol–water partition coefficient (Wildman–Crippen LogP) is 6.74. The number of aromatic hydroxyl groups is 1. The zero-order valence-corrected chi connectivity index (χ0v) is 31.3. The lowest BCUT2D eigenvalue weighted by molar-refractivity contribution is -0.116. The number of hydrogen-bond acceptors (Lipinski definition) is 9. The lowest BCUT2D eigenvalue weighted by atomic mass is 9.94. The van der Waals surface area contributed by atoms with Crippen LogP contribution in [0.5, 0.6) is 5.75 Å². The number of anilines is 2. The van der Waals surface area contributed by atoms with Crippen molar-refractivity contribution in [2.75, 3.05) is 17.2 Å². The zero-order valence-electron chi connectivity index (χ0n) is 29.6. The van der Waals surface area contributed by atoms with Crippen LogP contribution in [0, 0.1) is 0 Å². The minimum atomic E-state index is -0.889. The van der Waals surface area contributed by atoms with Crippen molar-refractivity contribution in [3.8, 4) is 16.9 Å². The van der Waals surface area contributed by atoms with Crippen LogP contribution >= 0.6 is 24.8 Å².